The van der Waals surface area contributed by atoms with Gasteiger partial charge in [0.25, 0.3) is 0 Å². The van der Waals surface area contributed by atoms with Crippen molar-refractivity contribution in [1.29, 1.82) is 0 Å². The second-order valence-corrected chi connectivity index (χ2v) is 12.6. The van der Waals surface area contributed by atoms with E-state index in [1.165, 1.54) is 11.1 Å². The van der Waals surface area contributed by atoms with E-state index in [9.17, 15) is 0 Å². The van der Waals surface area contributed by atoms with Crippen molar-refractivity contribution in [1.82, 2.24) is 24.9 Å². The minimum atomic E-state index is 0.605. The molecule has 6 aromatic carbocycles. The third kappa shape index (κ3) is 6.23. The molecule has 0 radical (unpaired) electrons. The van der Waals surface area contributed by atoms with E-state index < -0.39 is 0 Å². The van der Waals surface area contributed by atoms with Gasteiger partial charge in [0.15, 0.2) is 17.5 Å². The molecular weight excluding hydrogens is 635 g/mol. The zero-order chi connectivity index (χ0) is 34.7. The fourth-order valence-electron chi connectivity index (χ4n) is 6.54. The highest BCUT2D eigenvalue weighted by atomic mass is 15.0. The lowest BCUT2D eigenvalue weighted by atomic mass is 9.96. The topological polar surface area (TPSA) is 64.5 Å². The number of pyridine rings is 2. The average molecular weight is 666 g/mol. The number of hydrogen-bond acceptors (Lipinski definition) is 5. The fourth-order valence-corrected chi connectivity index (χ4v) is 6.54. The molecule has 0 aliphatic rings. The summed E-state index contributed by atoms with van der Waals surface area (Å²) in [5.41, 5.74) is 12.4. The van der Waals surface area contributed by atoms with Crippen LogP contribution in [0.3, 0.4) is 0 Å². The van der Waals surface area contributed by atoms with Crippen LogP contribution < -0.4 is 0 Å². The molecule has 5 nitrogen and oxygen atoms in total. The number of benzene rings is 6. The average Bonchev–Trinajstić information content (AvgIpc) is 3.24. The van der Waals surface area contributed by atoms with Crippen LogP contribution in [0.4, 0.5) is 0 Å². The van der Waals surface area contributed by atoms with Gasteiger partial charge in [-0.05, 0) is 58.1 Å². The van der Waals surface area contributed by atoms with Crippen molar-refractivity contribution in [3.05, 3.63) is 188 Å². The van der Waals surface area contributed by atoms with Gasteiger partial charge in [0, 0.05) is 45.6 Å². The number of aromatic nitrogens is 5. The Morgan fingerprint density at radius 2 is 0.827 bits per heavy atom. The largest absolute Gasteiger partial charge is 0.256 e. The Kier molecular flexibility index (Phi) is 8.12. The highest BCUT2D eigenvalue weighted by molar-refractivity contribution is 5.97. The third-order valence-corrected chi connectivity index (χ3v) is 9.25. The summed E-state index contributed by atoms with van der Waals surface area (Å²) in [5, 5.41) is 1.11. The second kappa shape index (κ2) is 13.7. The molecule has 0 saturated heterocycles. The van der Waals surface area contributed by atoms with Crippen molar-refractivity contribution in [2.24, 2.45) is 0 Å². The molecule has 0 unspecified atom stereocenters. The summed E-state index contributed by atoms with van der Waals surface area (Å²) < 4.78 is 0. The van der Waals surface area contributed by atoms with Gasteiger partial charge in [-0.1, -0.05) is 146 Å². The van der Waals surface area contributed by atoms with Crippen molar-refractivity contribution < 1.29 is 0 Å². The zero-order valence-corrected chi connectivity index (χ0v) is 28.1. The van der Waals surface area contributed by atoms with Gasteiger partial charge in [0.1, 0.15) is 0 Å². The van der Waals surface area contributed by atoms with E-state index in [0.29, 0.717) is 17.5 Å². The van der Waals surface area contributed by atoms with Crippen LogP contribution in [-0.4, -0.2) is 24.9 Å². The molecule has 244 valence electrons. The van der Waals surface area contributed by atoms with Crippen LogP contribution in [0.1, 0.15) is 0 Å². The van der Waals surface area contributed by atoms with E-state index in [2.05, 4.69) is 114 Å². The lowest BCUT2D eigenvalue weighted by Gasteiger charge is -2.11. The van der Waals surface area contributed by atoms with E-state index >= 15 is 0 Å². The predicted molar refractivity (Wildman–Crippen MR) is 211 cm³/mol. The van der Waals surface area contributed by atoms with Gasteiger partial charge in [0.2, 0.25) is 0 Å². The number of nitrogens with zero attached hydrogens (tertiary/aromatic N) is 5. The molecule has 0 spiro atoms. The number of rotatable bonds is 7. The van der Waals surface area contributed by atoms with Gasteiger partial charge in [0.05, 0.1) is 11.2 Å². The summed E-state index contributed by atoms with van der Waals surface area (Å²) in [7, 11) is 0. The molecule has 0 aliphatic heterocycles. The lowest BCUT2D eigenvalue weighted by Crippen LogP contribution is -2.00. The van der Waals surface area contributed by atoms with Crippen LogP contribution in [0.25, 0.3) is 89.7 Å². The minimum Gasteiger partial charge on any atom is -0.256 e. The van der Waals surface area contributed by atoms with Crippen molar-refractivity contribution in [3.63, 3.8) is 0 Å². The van der Waals surface area contributed by atoms with Crippen LogP contribution in [0.15, 0.2) is 188 Å². The predicted octanol–water partition coefficient (Wildman–Crippen LogP) is 11.5. The lowest BCUT2D eigenvalue weighted by molar-refractivity contribution is 1.07. The Balaban J connectivity index is 1.07. The second-order valence-electron chi connectivity index (χ2n) is 12.6. The normalized spacial score (nSPS) is 11.1. The summed E-state index contributed by atoms with van der Waals surface area (Å²) in [4.78, 5) is 24.3. The van der Waals surface area contributed by atoms with Crippen molar-refractivity contribution in [3.8, 4) is 78.8 Å². The molecule has 9 aromatic rings. The third-order valence-electron chi connectivity index (χ3n) is 9.25. The first-order valence-corrected chi connectivity index (χ1v) is 17.2. The van der Waals surface area contributed by atoms with Crippen LogP contribution in [0.5, 0.6) is 0 Å². The van der Waals surface area contributed by atoms with Gasteiger partial charge >= 0.3 is 0 Å². The molecule has 0 aliphatic carbocycles. The summed E-state index contributed by atoms with van der Waals surface area (Å²) in [6.07, 6.45) is 3.75. The molecule has 0 bridgehead atoms. The molecule has 0 N–H and O–H groups in total. The standard InChI is InChI=1S/C47H31N5/c1-3-11-32(12-4-1)33-20-24-35(25-21-33)41-17-10-19-44-42(41)30-40(31-49-44)34-22-26-37(27-23-34)46-50-45(36-13-5-2-6-14-36)51-47(52-46)39-16-9-15-38(29-39)43-18-7-8-28-48-43/h1-31H. The molecule has 0 saturated carbocycles. The molecule has 3 aromatic heterocycles. The molecule has 0 atom stereocenters. The molecule has 3 heterocycles. The fraction of sp³-hybridized carbons (Fsp3) is 0. The summed E-state index contributed by atoms with van der Waals surface area (Å²) in [6.45, 7) is 0. The quantitative estimate of drug-likeness (QED) is 0.169. The van der Waals surface area contributed by atoms with Crippen LogP contribution in [-0.2, 0) is 0 Å². The van der Waals surface area contributed by atoms with Crippen molar-refractivity contribution >= 4 is 10.9 Å². The molecule has 9 rings (SSSR count). The van der Waals surface area contributed by atoms with Crippen molar-refractivity contribution in [2.75, 3.05) is 0 Å². The van der Waals surface area contributed by atoms with Crippen molar-refractivity contribution in [2.45, 2.75) is 0 Å². The molecule has 0 fully saturated rings. The molecular formula is C47H31N5. The van der Waals surface area contributed by atoms with E-state index in [0.717, 1.165) is 61.1 Å². The SMILES string of the molecule is c1ccc(-c2ccc(-c3cccc4ncc(-c5ccc(-c6nc(-c7ccccc7)nc(-c7cccc(-c8ccccn8)c7)n6)cc5)cc34)cc2)cc1. The Labute approximate surface area is 302 Å². The minimum absolute atomic E-state index is 0.605. The maximum Gasteiger partial charge on any atom is 0.164 e. The molecule has 5 heteroatoms. The highest BCUT2D eigenvalue weighted by Gasteiger charge is 2.14. The number of fused-ring (bicyclic) bond motifs is 1. The smallest absolute Gasteiger partial charge is 0.164 e. The van der Waals surface area contributed by atoms with Gasteiger partial charge in [-0.3, -0.25) is 9.97 Å². The van der Waals surface area contributed by atoms with Gasteiger partial charge in [-0.2, -0.15) is 0 Å². The summed E-state index contributed by atoms with van der Waals surface area (Å²) in [6, 6.07) is 60.3. The maximum atomic E-state index is 4.99. The van der Waals surface area contributed by atoms with E-state index in [1.807, 2.05) is 72.9 Å². The highest BCUT2D eigenvalue weighted by Crippen LogP contribution is 2.34. The van der Waals surface area contributed by atoms with E-state index in [-0.39, 0.29) is 0 Å². The first kappa shape index (κ1) is 30.9. The Hall–Kier alpha value is -7.11. The zero-order valence-electron chi connectivity index (χ0n) is 28.1. The van der Waals surface area contributed by atoms with Crippen LogP contribution in [0.2, 0.25) is 0 Å². The Bertz CT molecular complexity index is 2640. The van der Waals surface area contributed by atoms with Crippen LogP contribution in [0, 0.1) is 0 Å². The Morgan fingerprint density at radius 3 is 1.52 bits per heavy atom. The molecule has 52 heavy (non-hydrogen) atoms. The molecule has 0 amide bonds. The number of hydrogen-bond donors (Lipinski definition) is 0. The summed E-state index contributed by atoms with van der Waals surface area (Å²) >= 11 is 0. The maximum absolute atomic E-state index is 4.99. The first-order chi connectivity index (χ1) is 25.7. The van der Waals surface area contributed by atoms with E-state index in [4.69, 9.17) is 19.9 Å². The van der Waals surface area contributed by atoms with Crippen LogP contribution >= 0.6 is 0 Å². The monoisotopic (exact) mass is 665 g/mol. The van der Waals surface area contributed by atoms with E-state index in [1.54, 1.807) is 6.20 Å². The van der Waals surface area contributed by atoms with Gasteiger partial charge in [-0.15, -0.1) is 0 Å². The van der Waals surface area contributed by atoms with Gasteiger partial charge in [-0.25, -0.2) is 15.0 Å². The van der Waals surface area contributed by atoms with Gasteiger partial charge < -0.3 is 0 Å². The first-order valence-electron chi connectivity index (χ1n) is 17.2. The summed E-state index contributed by atoms with van der Waals surface area (Å²) in [5.74, 6) is 1.83. The Morgan fingerprint density at radius 1 is 0.308 bits per heavy atom.